The number of rotatable bonds is 1. The molecule has 0 aliphatic heterocycles. The minimum Gasteiger partial charge on any atom is -0.388 e. The summed E-state index contributed by atoms with van der Waals surface area (Å²) in [5, 5.41) is 9.01. The van der Waals surface area contributed by atoms with Crippen LogP contribution in [0.4, 0.5) is 0 Å². The van der Waals surface area contributed by atoms with E-state index in [9.17, 15) is 0 Å². The second-order valence-corrected chi connectivity index (χ2v) is 2.26. The van der Waals surface area contributed by atoms with Crippen LogP contribution in [-0.4, -0.2) is 5.11 Å². The lowest BCUT2D eigenvalue weighted by molar-refractivity contribution is 0.226. The van der Waals surface area contributed by atoms with Gasteiger partial charge in [0.1, 0.15) is 0 Å². The van der Waals surface area contributed by atoms with Crippen LogP contribution in [0.25, 0.3) is 0 Å². The van der Waals surface area contributed by atoms with Crippen LogP contribution in [0.1, 0.15) is 17.2 Å². The lowest BCUT2D eigenvalue weighted by atomic mass is 10.1. The maximum absolute atomic E-state index is 9.01. The van der Waals surface area contributed by atoms with Gasteiger partial charge in [-0.1, -0.05) is 24.3 Å². The molecule has 1 N–H and O–H groups in total. The van der Waals surface area contributed by atoms with Crippen molar-refractivity contribution in [3.63, 3.8) is 0 Å². The fraction of sp³-hybridized carbons (Fsp3) is 0.111. The molecule has 0 saturated heterocycles. The van der Waals surface area contributed by atoms with E-state index in [1.54, 1.807) is 0 Å². The minimum absolute atomic E-state index is 0.637. The quantitative estimate of drug-likeness (QED) is 0.620. The van der Waals surface area contributed by atoms with Gasteiger partial charge in [0.05, 0.1) is 6.10 Å². The summed E-state index contributed by atoms with van der Waals surface area (Å²) in [5.74, 6) is 0. The van der Waals surface area contributed by atoms with E-state index in [0.717, 1.165) is 11.1 Å². The topological polar surface area (TPSA) is 20.2 Å². The molecule has 0 saturated carbocycles. The standard InChI is InChI=1S/C9H10O/c1-7-4-3-5-9(6-7)8(2)10/h3-6,8,10H,1-2H2/t8-/m0/s1. The number of aliphatic hydroxyl groups is 1. The maximum Gasteiger partial charge on any atom is 0.0791 e. The smallest absolute Gasteiger partial charge is 0.0791 e. The van der Waals surface area contributed by atoms with Crippen molar-refractivity contribution >= 4 is 0 Å². The Balaban J connectivity index is 2.96. The fourth-order valence-electron chi connectivity index (χ4n) is 0.800. The van der Waals surface area contributed by atoms with Crippen molar-refractivity contribution < 1.29 is 5.11 Å². The van der Waals surface area contributed by atoms with Crippen molar-refractivity contribution in [2.45, 2.75) is 6.10 Å². The highest BCUT2D eigenvalue weighted by Gasteiger charge is 1.97. The minimum atomic E-state index is -0.637. The summed E-state index contributed by atoms with van der Waals surface area (Å²) in [6, 6.07) is 7.38. The van der Waals surface area contributed by atoms with Gasteiger partial charge in [-0.3, -0.25) is 0 Å². The maximum atomic E-state index is 9.01. The third-order valence-corrected chi connectivity index (χ3v) is 1.34. The number of aliphatic hydroxyl groups excluding tert-OH is 1. The van der Waals surface area contributed by atoms with Crippen molar-refractivity contribution in [1.82, 2.24) is 0 Å². The first-order chi connectivity index (χ1) is 4.70. The van der Waals surface area contributed by atoms with E-state index in [0.29, 0.717) is 0 Å². The molecular formula is C9H10O. The lowest BCUT2D eigenvalue weighted by Gasteiger charge is -2.03. The Labute approximate surface area is 61.3 Å². The highest BCUT2D eigenvalue weighted by molar-refractivity contribution is 5.27. The summed E-state index contributed by atoms with van der Waals surface area (Å²) in [7, 11) is 0. The first-order valence-corrected chi connectivity index (χ1v) is 3.13. The molecule has 1 rings (SSSR count). The Bertz CT molecular complexity index is 216. The van der Waals surface area contributed by atoms with Crippen LogP contribution in [0.2, 0.25) is 0 Å². The van der Waals surface area contributed by atoms with E-state index >= 15 is 0 Å². The molecule has 0 fully saturated rings. The average Bonchev–Trinajstić information content (AvgIpc) is 1.88. The molecule has 0 aliphatic carbocycles. The second-order valence-electron chi connectivity index (χ2n) is 2.26. The van der Waals surface area contributed by atoms with Gasteiger partial charge < -0.3 is 5.11 Å². The molecule has 10 heavy (non-hydrogen) atoms. The monoisotopic (exact) mass is 134 g/mol. The first-order valence-electron chi connectivity index (χ1n) is 3.13. The van der Waals surface area contributed by atoms with E-state index in [1.165, 1.54) is 0 Å². The van der Waals surface area contributed by atoms with Crippen LogP contribution in [0, 0.1) is 13.8 Å². The van der Waals surface area contributed by atoms with E-state index in [-0.39, 0.29) is 0 Å². The van der Waals surface area contributed by atoms with Crippen LogP contribution >= 0.6 is 0 Å². The van der Waals surface area contributed by atoms with Crippen LogP contribution in [0.3, 0.4) is 0 Å². The van der Waals surface area contributed by atoms with Crippen molar-refractivity contribution in [3.8, 4) is 0 Å². The molecule has 0 heterocycles. The van der Waals surface area contributed by atoms with E-state index in [4.69, 9.17) is 5.11 Å². The van der Waals surface area contributed by atoms with E-state index < -0.39 is 6.10 Å². The molecule has 0 aromatic heterocycles. The number of hydrogen-bond donors (Lipinski definition) is 1. The van der Waals surface area contributed by atoms with E-state index in [2.05, 4.69) is 13.8 Å². The predicted molar refractivity (Wildman–Crippen MR) is 41.2 cm³/mol. The average molecular weight is 134 g/mol. The molecule has 52 valence electrons. The second kappa shape index (κ2) is 2.84. The molecular weight excluding hydrogens is 124 g/mol. The molecule has 1 atom stereocenters. The molecule has 0 amide bonds. The van der Waals surface area contributed by atoms with Gasteiger partial charge >= 0.3 is 0 Å². The number of benzene rings is 1. The first kappa shape index (κ1) is 7.29. The van der Waals surface area contributed by atoms with Crippen molar-refractivity contribution in [2.24, 2.45) is 0 Å². The molecule has 0 aliphatic rings. The third-order valence-electron chi connectivity index (χ3n) is 1.34. The molecule has 1 aromatic rings. The molecule has 1 heteroatoms. The van der Waals surface area contributed by atoms with Gasteiger partial charge in [0.15, 0.2) is 0 Å². The summed E-state index contributed by atoms with van der Waals surface area (Å²) in [6.07, 6.45) is -0.637. The van der Waals surface area contributed by atoms with Crippen molar-refractivity contribution in [2.75, 3.05) is 0 Å². The predicted octanol–water partition coefficient (Wildman–Crippen LogP) is 1.74. The van der Waals surface area contributed by atoms with Gasteiger partial charge in [-0.25, -0.2) is 0 Å². The van der Waals surface area contributed by atoms with Crippen LogP contribution < -0.4 is 0 Å². The largest absolute Gasteiger partial charge is 0.388 e. The molecule has 0 unspecified atom stereocenters. The Morgan fingerprint density at radius 3 is 2.50 bits per heavy atom. The van der Waals surface area contributed by atoms with Gasteiger partial charge in [0.25, 0.3) is 0 Å². The third kappa shape index (κ3) is 1.58. The lowest BCUT2D eigenvalue weighted by Crippen LogP contribution is -1.90. The molecule has 0 bridgehead atoms. The Kier molecular flexibility index (Phi) is 2.07. The summed E-state index contributed by atoms with van der Waals surface area (Å²) < 4.78 is 0. The summed E-state index contributed by atoms with van der Waals surface area (Å²) in [4.78, 5) is 0. The van der Waals surface area contributed by atoms with Gasteiger partial charge in [0, 0.05) is 0 Å². The number of hydrogen-bond acceptors (Lipinski definition) is 1. The summed E-state index contributed by atoms with van der Waals surface area (Å²) >= 11 is 0. The molecule has 1 nitrogen and oxygen atoms in total. The van der Waals surface area contributed by atoms with Crippen molar-refractivity contribution in [3.05, 3.63) is 49.2 Å². The summed E-state index contributed by atoms with van der Waals surface area (Å²) in [5.41, 5.74) is 1.72. The van der Waals surface area contributed by atoms with Crippen LogP contribution in [-0.2, 0) is 0 Å². The van der Waals surface area contributed by atoms with Gasteiger partial charge in [0.2, 0.25) is 0 Å². The van der Waals surface area contributed by atoms with Crippen molar-refractivity contribution in [1.29, 1.82) is 0 Å². The highest BCUT2D eigenvalue weighted by Crippen LogP contribution is 2.11. The van der Waals surface area contributed by atoms with E-state index in [1.807, 2.05) is 24.3 Å². The zero-order chi connectivity index (χ0) is 7.56. The van der Waals surface area contributed by atoms with Crippen LogP contribution in [0.15, 0.2) is 24.3 Å². The Morgan fingerprint density at radius 1 is 1.40 bits per heavy atom. The van der Waals surface area contributed by atoms with Gasteiger partial charge in [-0.2, -0.15) is 0 Å². The highest BCUT2D eigenvalue weighted by atomic mass is 16.3. The normalized spacial score (nSPS) is 13.1. The van der Waals surface area contributed by atoms with Crippen LogP contribution in [0.5, 0.6) is 0 Å². The van der Waals surface area contributed by atoms with Gasteiger partial charge in [-0.15, -0.1) is 0 Å². The zero-order valence-electron chi connectivity index (χ0n) is 5.75. The Morgan fingerprint density at radius 2 is 2.10 bits per heavy atom. The SMILES string of the molecule is [CH2]c1cccc([C@H]([CH2])O)c1. The summed E-state index contributed by atoms with van der Waals surface area (Å²) in [6.45, 7) is 7.20. The molecule has 2 radical (unpaired) electrons. The molecule has 0 spiro atoms. The fourth-order valence-corrected chi connectivity index (χ4v) is 0.800. The Hall–Kier alpha value is -0.820. The zero-order valence-corrected chi connectivity index (χ0v) is 5.75. The molecule has 1 aromatic carbocycles. The van der Waals surface area contributed by atoms with Gasteiger partial charge in [-0.05, 0) is 25.0 Å².